The lowest BCUT2D eigenvalue weighted by molar-refractivity contribution is 0.259. The number of carbonyl (C=O) groups excluding carboxylic acids is 1. The maximum Gasteiger partial charge on any atom is 0.332 e. The Morgan fingerprint density at radius 2 is 1.60 bits per heavy atom. The average Bonchev–Trinajstić information content (AvgIpc) is 2.85. The maximum atomic E-state index is 13.7. The summed E-state index contributed by atoms with van der Waals surface area (Å²) < 4.78 is 0. The summed E-state index contributed by atoms with van der Waals surface area (Å²) in [5.41, 5.74) is 4.49. The number of aryl methyl sites for hydroxylation is 1. The second-order valence-electron chi connectivity index (χ2n) is 8.53. The van der Waals surface area contributed by atoms with Crippen molar-refractivity contribution in [2.45, 2.75) is 19.9 Å². The largest absolute Gasteiger partial charge is 0.376 e. The molecule has 178 valence electrons. The first-order valence-corrected chi connectivity index (χ1v) is 11.5. The molecule has 0 saturated carbocycles. The first-order valence-electron chi connectivity index (χ1n) is 11.5. The predicted molar refractivity (Wildman–Crippen MR) is 144 cm³/mol. The fourth-order valence-corrected chi connectivity index (χ4v) is 3.83. The molecule has 0 spiro atoms. The summed E-state index contributed by atoms with van der Waals surface area (Å²) in [5, 5.41) is 6.37. The van der Waals surface area contributed by atoms with Crippen LogP contribution < -0.4 is 20.4 Å². The Bertz CT molecular complexity index is 1290. The highest BCUT2D eigenvalue weighted by molar-refractivity contribution is 6.08. The van der Waals surface area contributed by atoms with Crippen molar-refractivity contribution >= 4 is 34.9 Å². The molecule has 1 unspecified atom stereocenters. The molecule has 0 aliphatic heterocycles. The molecule has 4 aromatic rings. The Morgan fingerprint density at radius 3 is 2.31 bits per heavy atom. The van der Waals surface area contributed by atoms with Gasteiger partial charge in [-0.1, -0.05) is 54.6 Å². The molecular weight excluding hydrogens is 436 g/mol. The standard InChI is InChI=1S/C28H30N6O/c1-20-11-10-14-23(19-20)31-28(35)34(25-16-9-8-15-24(25)33(3)4)26-17-18-29-27(32-26)30-21(2)22-12-6-5-7-13-22/h5-19,21H,1-4H3,(H,31,35)(H,29,30,32). The number of nitrogens with zero attached hydrogens (tertiary/aromatic N) is 4. The van der Waals surface area contributed by atoms with E-state index < -0.39 is 0 Å². The van der Waals surface area contributed by atoms with Gasteiger partial charge in [0.25, 0.3) is 0 Å². The number of benzene rings is 3. The predicted octanol–water partition coefficient (Wildman–Crippen LogP) is 6.39. The third kappa shape index (κ3) is 5.76. The first-order chi connectivity index (χ1) is 16.9. The Kier molecular flexibility index (Phi) is 7.26. The monoisotopic (exact) mass is 466 g/mol. The topological polar surface area (TPSA) is 73.4 Å². The van der Waals surface area contributed by atoms with E-state index in [1.807, 2.05) is 92.6 Å². The van der Waals surface area contributed by atoms with E-state index in [1.165, 1.54) is 0 Å². The normalized spacial score (nSPS) is 11.4. The molecule has 4 rings (SSSR count). The van der Waals surface area contributed by atoms with Gasteiger partial charge in [-0.3, -0.25) is 0 Å². The van der Waals surface area contributed by atoms with Gasteiger partial charge in [0.15, 0.2) is 0 Å². The Morgan fingerprint density at radius 1 is 0.886 bits per heavy atom. The molecule has 1 heterocycles. The SMILES string of the molecule is Cc1cccc(NC(=O)N(c2ccnc(NC(C)c3ccccc3)n2)c2ccccc2N(C)C)c1. The van der Waals surface area contributed by atoms with Crippen molar-refractivity contribution in [3.63, 3.8) is 0 Å². The number of anilines is 5. The quantitative estimate of drug-likeness (QED) is 0.330. The van der Waals surface area contributed by atoms with Crippen LogP contribution in [-0.2, 0) is 0 Å². The average molecular weight is 467 g/mol. The number of aromatic nitrogens is 2. The molecule has 1 aromatic heterocycles. The lowest BCUT2D eigenvalue weighted by Gasteiger charge is -2.27. The van der Waals surface area contributed by atoms with Crippen molar-refractivity contribution in [1.29, 1.82) is 0 Å². The van der Waals surface area contributed by atoms with E-state index in [4.69, 9.17) is 4.98 Å². The van der Waals surface area contributed by atoms with Gasteiger partial charge in [0.1, 0.15) is 5.82 Å². The summed E-state index contributed by atoms with van der Waals surface area (Å²) in [6.07, 6.45) is 1.66. The van der Waals surface area contributed by atoms with Crippen molar-refractivity contribution in [1.82, 2.24) is 9.97 Å². The Labute approximate surface area is 206 Å². The lowest BCUT2D eigenvalue weighted by Crippen LogP contribution is -2.33. The minimum atomic E-state index is -0.314. The second-order valence-corrected chi connectivity index (χ2v) is 8.53. The van der Waals surface area contributed by atoms with Crippen molar-refractivity contribution in [3.8, 4) is 0 Å². The summed E-state index contributed by atoms with van der Waals surface area (Å²) >= 11 is 0. The Hall–Kier alpha value is -4.39. The van der Waals surface area contributed by atoms with E-state index in [2.05, 4.69) is 34.7 Å². The number of para-hydroxylation sites is 2. The molecule has 7 nitrogen and oxygen atoms in total. The fourth-order valence-electron chi connectivity index (χ4n) is 3.83. The highest BCUT2D eigenvalue weighted by Gasteiger charge is 2.24. The van der Waals surface area contributed by atoms with Gasteiger partial charge in [0, 0.05) is 32.0 Å². The van der Waals surface area contributed by atoms with Crippen LogP contribution >= 0.6 is 0 Å². The van der Waals surface area contributed by atoms with Crippen molar-refractivity contribution in [2.24, 2.45) is 0 Å². The molecule has 2 N–H and O–H groups in total. The van der Waals surface area contributed by atoms with Crippen molar-refractivity contribution in [3.05, 3.63) is 102 Å². The van der Waals surface area contributed by atoms with Crippen molar-refractivity contribution < 1.29 is 4.79 Å². The van der Waals surface area contributed by atoms with E-state index >= 15 is 0 Å². The fraction of sp³-hybridized carbons (Fsp3) is 0.179. The van der Waals surface area contributed by atoms with Crippen LogP contribution in [0.4, 0.5) is 33.6 Å². The molecule has 0 aliphatic rings. The zero-order valence-corrected chi connectivity index (χ0v) is 20.4. The van der Waals surface area contributed by atoms with Gasteiger partial charge in [-0.15, -0.1) is 0 Å². The molecule has 0 aliphatic carbocycles. The zero-order valence-electron chi connectivity index (χ0n) is 20.4. The summed E-state index contributed by atoms with van der Waals surface area (Å²) in [5.74, 6) is 0.900. The van der Waals surface area contributed by atoms with Crippen LogP contribution in [0.1, 0.15) is 24.1 Å². The van der Waals surface area contributed by atoms with Gasteiger partial charge in [-0.25, -0.2) is 14.7 Å². The van der Waals surface area contributed by atoms with E-state index in [-0.39, 0.29) is 12.1 Å². The van der Waals surface area contributed by atoms with Crippen LogP contribution in [0.5, 0.6) is 0 Å². The van der Waals surface area contributed by atoms with Crippen LogP contribution in [0.2, 0.25) is 0 Å². The maximum absolute atomic E-state index is 13.7. The molecule has 35 heavy (non-hydrogen) atoms. The van der Waals surface area contributed by atoms with Crippen LogP contribution in [0.3, 0.4) is 0 Å². The number of nitrogens with one attached hydrogen (secondary N) is 2. The van der Waals surface area contributed by atoms with Crippen LogP contribution in [-0.4, -0.2) is 30.1 Å². The number of hydrogen-bond donors (Lipinski definition) is 2. The van der Waals surface area contributed by atoms with Gasteiger partial charge in [0.05, 0.1) is 17.4 Å². The minimum absolute atomic E-state index is 0.00455. The van der Waals surface area contributed by atoms with E-state index in [1.54, 1.807) is 17.2 Å². The lowest BCUT2D eigenvalue weighted by atomic mass is 10.1. The van der Waals surface area contributed by atoms with Gasteiger partial charge < -0.3 is 15.5 Å². The van der Waals surface area contributed by atoms with E-state index in [9.17, 15) is 4.79 Å². The Balaban J connectivity index is 1.71. The highest BCUT2D eigenvalue weighted by atomic mass is 16.2. The molecule has 0 radical (unpaired) electrons. The molecule has 3 aromatic carbocycles. The number of urea groups is 1. The number of rotatable bonds is 7. The number of amides is 2. The summed E-state index contributed by atoms with van der Waals surface area (Å²) in [7, 11) is 3.90. The van der Waals surface area contributed by atoms with Gasteiger partial charge >= 0.3 is 6.03 Å². The molecular formula is C28H30N6O. The molecule has 2 amide bonds. The van der Waals surface area contributed by atoms with Crippen LogP contribution in [0, 0.1) is 6.92 Å². The molecule has 0 fully saturated rings. The zero-order chi connectivity index (χ0) is 24.8. The molecule has 1 atom stereocenters. The smallest absolute Gasteiger partial charge is 0.332 e. The van der Waals surface area contributed by atoms with Crippen LogP contribution in [0.15, 0.2) is 91.1 Å². The van der Waals surface area contributed by atoms with Gasteiger partial charge in [-0.05, 0) is 49.2 Å². The molecule has 0 saturated heterocycles. The van der Waals surface area contributed by atoms with Crippen molar-refractivity contribution in [2.75, 3.05) is 34.5 Å². The van der Waals surface area contributed by atoms with E-state index in [0.717, 1.165) is 16.8 Å². The number of carbonyl (C=O) groups is 1. The van der Waals surface area contributed by atoms with Gasteiger partial charge in [-0.2, -0.15) is 4.98 Å². The van der Waals surface area contributed by atoms with E-state index in [0.29, 0.717) is 23.1 Å². The van der Waals surface area contributed by atoms with Gasteiger partial charge in [0.2, 0.25) is 5.95 Å². The van der Waals surface area contributed by atoms with Crippen LogP contribution in [0.25, 0.3) is 0 Å². The highest BCUT2D eigenvalue weighted by Crippen LogP contribution is 2.34. The summed E-state index contributed by atoms with van der Waals surface area (Å²) in [6, 6.07) is 27.0. The molecule has 0 bridgehead atoms. The number of hydrogen-bond acceptors (Lipinski definition) is 5. The minimum Gasteiger partial charge on any atom is -0.376 e. The third-order valence-electron chi connectivity index (χ3n) is 5.59. The first kappa shape index (κ1) is 23.8. The summed E-state index contributed by atoms with van der Waals surface area (Å²) in [6.45, 7) is 4.04. The molecule has 7 heteroatoms. The summed E-state index contributed by atoms with van der Waals surface area (Å²) in [4.78, 5) is 26.3. The second kappa shape index (κ2) is 10.7. The third-order valence-corrected chi connectivity index (χ3v) is 5.59.